The van der Waals surface area contributed by atoms with Crippen LogP contribution in [-0.4, -0.2) is 0 Å². The molecule has 1 atom stereocenters. The summed E-state index contributed by atoms with van der Waals surface area (Å²) in [4.78, 5) is 0. The van der Waals surface area contributed by atoms with E-state index in [2.05, 4.69) is 54.9 Å². The van der Waals surface area contributed by atoms with Crippen LogP contribution in [0, 0.1) is 0 Å². The molecule has 0 aliphatic carbocycles. The van der Waals surface area contributed by atoms with E-state index in [1.165, 1.54) is 11.1 Å². The number of benzene rings is 2. The van der Waals surface area contributed by atoms with Gasteiger partial charge in [0.15, 0.2) is 0 Å². The van der Waals surface area contributed by atoms with E-state index in [4.69, 9.17) is 0 Å². The van der Waals surface area contributed by atoms with Crippen LogP contribution < -0.4 is 5.32 Å². The van der Waals surface area contributed by atoms with Crippen LogP contribution in [0.1, 0.15) is 17.2 Å². The SMILES string of the molecule is C=CC(=C)C(NCc1ccccc1)c1ccccc1. The highest BCUT2D eigenvalue weighted by molar-refractivity contribution is 5.31. The van der Waals surface area contributed by atoms with Gasteiger partial charge in [-0.25, -0.2) is 0 Å². The van der Waals surface area contributed by atoms with Gasteiger partial charge in [-0.3, -0.25) is 0 Å². The number of hydrogen-bond donors (Lipinski definition) is 1. The molecule has 1 heteroatoms. The summed E-state index contributed by atoms with van der Waals surface area (Å²) in [6.45, 7) is 8.72. The highest BCUT2D eigenvalue weighted by Crippen LogP contribution is 2.21. The Kier molecular flexibility index (Phi) is 4.71. The van der Waals surface area contributed by atoms with E-state index in [1.807, 2.05) is 30.3 Å². The minimum Gasteiger partial charge on any atom is -0.302 e. The fourth-order valence-corrected chi connectivity index (χ4v) is 2.04. The molecule has 0 radical (unpaired) electrons. The highest BCUT2D eigenvalue weighted by atomic mass is 14.9. The molecule has 2 aromatic rings. The molecule has 0 heterocycles. The standard InChI is InChI=1S/C18H19N/c1-3-15(2)18(17-12-8-5-9-13-17)19-14-16-10-6-4-7-11-16/h3-13,18-19H,1-2,14H2. The molecule has 2 rings (SSSR count). The molecule has 0 saturated heterocycles. The molecule has 0 aliphatic heterocycles. The van der Waals surface area contributed by atoms with Gasteiger partial charge in [0.25, 0.3) is 0 Å². The van der Waals surface area contributed by atoms with Crippen LogP contribution >= 0.6 is 0 Å². The lowest BCUT2D eigenvalue weighted by atomic mass is 9.99. The third-order valence-electron chi connectivity index (χ3n) is 3.12. The fourth-order valence-electron chi connectivity index (χ4n) is 2.04. The van der Waals surface area contributed by atoms with Gasteiger partial charge in [-0.05, 0) is 16.7 Å². The minimum absolute atomic E-state index is 0.110. The first-order valence-corrected chi connectivity index (χ1v) is 6.44. The molecule has 0 spiro atoms. The molecule has 0 saturated carbocycles. The van der Waals surface area contributed by atoms with Gasteiger partial charge in [0.2, 0.25) is 0 Å². The van der Waals surface area contributed by atoms with Gasteiger partial charge in [-0.1, -0.05) is 79.9 Å². The summed E-state index contributed by atoms with van der Waals surface area (Å²) in [7, 11) is 0. The Morgan fingerprint density at radius 3 is 2.16 bits per heavy atom. The summed E-state index contributed by atoms with van der Waals surface area (Å²) in [5, 5.41) is 3.53. The van der Waals surface area contributed by atoms with E-state index in [0.717, 1.165) is 12.1 Å². The molecular weight excluding hydrogens is 230 g/mol. The second-order valence-corrected chi connectivity index (χ2v) is 4.49. The van der Waals surface area contributed by atoms with Crippen LogP contribution in [0.3, 0.4) is 0 Å². The van der Waals surface area contributed by atoms with Crippen LogP contribution in [0.2, 0.25) is 0 Å². The summed E-state index contributed by atoms with van der Waals surface area (Å²) in [6.07, 6.45) is 1.82. The zero-order chi connectivity index (χ0) is 13.5. The lowest BCUT2D eigenvalue weighted by Gasteiger charge is -2.20. The van der Waals surface area contributed by atoms with Crippen LogP contribution in [-0.2, 0) is 6.54 Å². The first kappa shape index (κ1) is 13.3. The monoisotopic (exact) mass is 249 g/mol. The van der Waals surface area contributed by atoms with E-state index in [1.54, 1.807) is 0 Å². The van der Waals surface area contributed by atoms with Crippen molar-refractivity contribution >= 4 is 0 Å². The Morgan fingerprint density at radius 2 is 1.58 bits per heavy atom. The first-order chi connectivity index (χ1) is 9.31. The van der Waals surface area contributed by atoms with Gasteiger partial charge in [-0.2, -0.15) is 0 Å². The average Bonchev–Trinajstić information content (AvgIpc) is 2.49. The van der Waals surface area contributed by atoms with Crippen LogP contribution in [0.4, 0.5) is 0 Å². The zero-order valence-electron chi connectivity index (χ0n) is 11.0. The topological polar surface area (TPSA) is 12.0 Å². The molecule has 0 fully saturated rings. The largest absolute Gasteiger partial charge is 0.302 e. The maximum Gasteiger partial charge on any atom is 0.0573 e. The maximum atomic E-state index is 4.08. The third kappa shape index (κ3) is 3.67. The molecule has 2 aromatic carbocycles. The van der Waals surface area contributed by atoms with E-state index in [0.29, 0.717) is 0 Å². The third-order valence-corrected chi connectivity index (χ3v) is 3.12. The predicted molar refractivity (Wildman–Crippen MR) is 81.8 cm³/mol. The van der Waals surface area contributed by atoms with E-state index < -0.39 is 0 Å². The van der Waals surface area contributed by atoms with Crippen molar-refractivity contribution in [3.63, 3.8) is 0 Å². The smallest absolute Gasteiger partial charge is 0.0573 e. The number of hydrogen-bond acceptors (Lipinski definition) is 1. The lowest BCUT2D eigenvalue weighted by Crippen LogP contribution is -2.21. The Hall–Kier alpha value is -2.12. The van der Waals surface area contributed by atoms with Crippen molar-refractivity contribution < 1.29 is 0 Å². The van der Waals surface area contributed by atoms with Crippen molar-refractivity contribution in [2.24, 2.45) is 0 Å². The van der Waals surface area contributed by atoms with Gasteiger partial charge in [0.05, 0.1) is 6.04 Å². The quantitative estimate of drug-likeness (QED) is 0.754. The molecule has 0 aliphatic rings. The molecule has 1 N–H and O–H groups in total. The van der Waals surface area contributed by atoms with E-state index in [9.17, 15) is 0 Å². The molecule has 0 amide bonds. The highest BCUT2D eigenvalue weighted by Gasteiger charge is 2.11. The predicted octanol–water partition coefficient (Wildman–Crippen LogP) is 4.26. The van der Waals surface area contributed by atoms with Crippen molar-refractivity contribution in [1.29, 1.82) is 0 Å². The van der Waals surface area contributed by atoms with Crippen molar-refractivity contribution in [2.45, 2.75) is 12.6 Å². The second-order valence-electron chi connectivity index (χ2n) is 4.49. The minimum atomic E-state index is 0.110. The second kappa shape index (κ2) is 6.72. The molecule has 1 nitrogen and oxygen atoms in total. The van der Waals surface area contributed by atoms with Crippen molar-refractivity contribution in [1.82, 2.24) is 5.32 Å². The van der Waals surface area contributed by atoms with Gasteiger partial charge < -0.3 is 5.32 Å². The van der Waals surface area contributed by atoms with Gasteiger partial charge >= 0.3 is 0 Å². The maximum absolute atomic E-state index is 4.08. The molecule has 96 valence electrons. The summed E-state index contributed by atoms with van der Waals surface area (Å²) >= 11 is 0. The van der Waals surface area contributed by atoms with Crippen molar-refractivity contribution in [2.75, 3.05) is 0 Å². The molecular formula is C18H19N. The van der Waals surface area contributed by atoms with Gasteiger partial charge in [0.1, 0.15) is 0 Å². The van der Waals surface area contributed by atoms with E-state index in [-0.39, 0.29) is 6.04 Å². The Morgan fingerprint density at radius 1 is 1.00 bits per heavy atom. The lowest BCUT2D eigenvalue weighted by molar-refractivity contribution is 0.606. The number of rotatable bonds is 6. The first-order valence-electron chi connectivity index (χ1n) is 6.44. The van der Waals surface area contributed by atoms with Crippen LogP contribution in [0.5, 0.6) is 0 Å². The van der Waals surface area contributed by atoms with E-state index >= 15 is 0 Å². The van der Waals surface area contributed by atoms with Crippen LogP contribution in [0.25, 0.3) is 0 Å². The summed E-state index contributed by atoms with van der Waals surface area (Å²) in [5.74, 6) is 0. The summed E-state index contributed by atoms with van der Waals surface area (Å²) in [6, 6.07) is 20.8. The Bertz CT molecular complexity index is 528. The normalized spacial score (nSPS) is 11.8. The molecule has 0 bridgehead atoms. The Balaban J connectivity index is 2.11. The zero-order valence-corrected chi connectivity index (χ0v) is 11.0. The summed E-state index contributed by atoms with van der Waals surface area (Å²) < 4.78 is 0. The molecule has 1 unspecified atom stereocenters. The molecule has 19 heavy (non-hydrogen) atoms. The molecule has 0 aromatic heterocycles. The fraction of sp³-hybridized carbons (Fsp3) is 0.111. The van der Waals surface area contributed by atoms with Gasteiger partial charge in [-0.15, -0.1) is 0 Å². The number of nitrogens with one attached hydrogen (secondary N) is 1. The van der Waals surface area contributed by atoms with Gasteiger partial charge in [0, 0.05) is 6.54 Å². The van der Waals surface area contributed by atoms with Crippen molar-refractivity contribution in [3.8, 4) is 0 Å². The summed E-state index contributed by atoms with van der Waals surface area (Å²) in [5.41, 5.74) is 3.46. The van der Waals surface area contributed by atoms with Crippen molar-refractivity contribution in [3.05, 3.63) is 96.6 Å². The Labute approximate surface area is 115 Å². The van der Waals surface area contributed by atoms with Crippen LogP contribution in [0.15, 0.2) is 85.5 Å². The average molecular weight is 249 g/mol.